The van der Waals surface area contributed by atoms with Gasteiger partial charge < -0.3 is 25.8 Å². The molecule has 0 atom stereocenters. The number of carbonyl (C=O) groups is 1. The second kappa shape index (κ2) is 10.4. The molecule has 1 heterocycles. The first kappa shape index (κ1) is 20.5. The molecule has 2 aromatic carbocycles. The van der Waals surface area contributed by atoms with E-state index in [2.05, 4.69) is 33.8 Å². The Morgan fingerprint density at radius 2 is 2.10 bits per heavy atom. The Morgan fingerprint density at radius 3 is 2.93 bits per heavy atom. The van der Waals surface area contributed by atoms with Crippen LogP contribution in [0.5, 0.6) is 11.5 Å². The Labute approximate surface area is 171 Å². The lowest BCUT2D eigenvalue weighted by atomic mass is 10.1. The molecule has 7 nitrogen and oxygen atoms in total. The molecule has 0 spiro atoms. The standard InChI is InChI=1S/C22H28N4O3/c1-2-24-22(25-10-8-16-6-7-20-18(12-16)9-11-28-20)26-14-17-4-3-5-19(13-17)29-15-21(23)27/h3-7,12-13H,2,8-11,14-15H2,1H3,(H2,23,27)(H2,24,25,26). The summed E-state index contributed by atoms with van der Waals surface area (Å²) >= 11 is 0. The first-order valence-corrected chi connectivity index (χ1v) is 9.91. The molecule has 4 N–H and O–H groups in total. The number of guanidine groups is 1. The highest BCUT2D eigenvalue weighted by molar-refractivity contribution is 5.79. The molecule has 3 rings (SSSR count). The van der Waals surface area contributed by atoms with Crippen molar-refractivity contribution in [3.8, 4) is 11.5 Å². The van der Waals surface area contributed by atoms with Crippen LogP contribution in [0.1, 0.15) is 23.6 Å². The third-order valence-electron chi connectivity index (χ3n) is 4.50. The molecule has 1 aliphatic heterocycles. The Hall–Kier alpha value is -3.22. The number of fused-ring (bicyclic) bond motifs is 1. The van der Waals surface area contributed by atoms with Crippen LogP contribution in [0.3, 0.4) is 0 Å². The van der Waals surface area contributed by atoms with Crippen molar-refractivity contribution in [3.05, 3.63) is 59.2 Å². The molecular formula is C22H28N4O3. The molecular weight excluding hydrogens is 368 g/mol. The summed E-state index contributed by atoms with van der Waals surface area (Å²) in [6, 6.07) is 13.9. The van der Waals surface area contributed by atoms with E-state index in [0.29, 0.717) is 12.3 Å². The van der Waals surface area contributed by atoms with Gasteiger partial charge in [0.05, 0.1) is 13.2 Å². The van der Waals surface area contributed by atoms with E-state index in [1.54, 1.807) is 6.07 Å². The van der Waals surface area contributed by atoms with Crippen molar-refractivity contribution in [1.82, 2.24) is 10.6 Å². The molecule has 2 aromatic rings. The molecule has 154 valence electrons. The molecule has 0 saturated carbocycles. The lowest BCUT2D eigenvalue weighted by molar-refractivity contribution is -0.119. The number of nitrogens with one attached hydrogen (secondary N) is 2. The predicted molar refractivity (Wildman–Crippen MR) is 113 cm³/mol. The monoisotopic (exact) mass is 396 g/mol. The zero-order valence-electron chi connectivity index (χ0n) is 16.7. The number of nitrogens with two attached hydrogens (primary N) is 1. The minimum absolute atomic E-state index is 0.133. The van der Waals surface area contributed by atoms with E-state index in [1.807, 2.05) is 25.1 Å². The van der Waals surface area contributed by atoms with Crippen LogP contribution in [0.15, 0.2) is 47.5 Å². The van der Waals surface area contributed by atoms with Crippen LogP contribution < -0.4 is 25.8 Å². The number of aliphatic imine (C=N–C) groups is 1. The summed E-state index contributed by atoms with van der Waals surface area (Å²) in [6.45, 7) is 4.75. The molecule has 0 aromatic heterocycles. The topological polar surface area (TPSA) is 98.0 Å². The van der Waals surface area contributed by atoms with Crippen LogP contribution in [0.4, 0.5) is 0 Å². The molecule has 29 heavy (non-hydrogen) atoms. The zero-order chi connectivity index (χ0) is 20.5. The smallest absolute Gasteiger partial charge is 0.255 e. The number of primary amides is 1. The molecule has 1 amide bonds. The van der Waals surface area contributed by atoms with Crippen LogP contribution >= 0.6 is 0 Å². The van der Waals surface area contributed by atoms with Crippen LogP contribution in [0.2, 0.25) is 0 Å². The van der Waals surface area contributed by atoms with Gasteiger partial charge in [-0.15, -0.1) is 0 Å². The highest BCUT2D eigenvalue weighted by atomic mass is 16.5. The van der Waals surface area contributed by atoms with Crippen LogP contribution in [0, 0.1) is 0 Å². The summed E-state index contributed by atoms with van der Waals surface area (Å²) in [5.41, 5.74) is 8.69. The van der Waals surface area contributed by atoms with Gasteiger partial charge in [0.2, 0.25) is 0 Å². The van der Waals surface area contributed by atoms with E-state index in [1.165, 1.54) is 11.1 Å². The summed E-state index contributed by atoms with van der Waals surface area (Å²) in [5.74, 6) is 1.89. The van der Waals surface area contributed by atoms with Gasteiger partial charge in [-0.1, -0.05) is 24.3 Å². The molecule has 0 aliphatic carbocycles. The highest BCUT2D eigenvalue weighted by Crippen LogP contribution is 2.25. The van der Waals surface area contributed by atoms with E-state index in [9.17, 15) is 4.79 Å². The molecule has 0 fully saturated rings. The maximum atomic E-state index is 10.9. The maximum absolute atomic E-state index is 10.9. The fourth-order valence-corrected chi connectivity index (χ4v) is 3.12. The first-order valence-electron chi connectivity index (χ1n) is 9.91. The Bertz CT molecular complexity index is 867. The van der Waals surface area contributed by atoms with Crippen LogP contribution in [-0.4, -0.2) is 38.2 Å². The molecule has 0 saturated heterocycles. The Morgan fingerprint density at radius 1 is 1.21 bits per heavy atom. The SMILES string of the molecule is CCNC(=NCc1cccc(OCC(N)=O)c1)NCCc1ccc2c(c1)CCO2. The number of rotatable bonds is 9. The number of carbonyl (C=O) groups excluding carboxylic acids is 1. The molecule has 0 radical (unpaired) electrons. The summed E-state index contributed by atoms with van der Waals surface area (Å²) in [7, 11) is 0. The predicted octanol–water partition coefficient (Wildman–Crippen LogP) is 1.78. The van der Waals surface area contributed by atoms with Gasteiger partial charge in [0.15, 0.2) is 12.6 Å². The van der Waals surface area contributed by atoms with E-state index in [0.717, 1.165) is 49.8 Å². The van der Waals surface area contributed by atoms with Crippen molar-refractivity contribution < 1.29 is 14.3 Å². The van der Waals surface area contributed by atoms with Crippen molar-refractivity contribution >= 4 is 11.9 Å². The lowest BCUT2D eigenvalue weighted by Crippen LogP contribution is -2.38. The van der Waals surface area contributed by atoms with Crippen molar-refractivity contribution in [3.63, 3.8) is 0 Å². The van der Waals surface area contributed by atoms with Crippen molar-refractivity contribution in [2.45, 2.75) is 26.3 Å². The number of benzene rings is 2. The van der Waals surface area contributed by atoms with Crippen LogP contribution in [0.25, 0.3) is 0 Å². The van der Waals surface area contributed by atoms with Crippen molar-refractivity contribution in [2.24, 2.45) is 10.7 Å². The third-order valence-corrected chi connectivity index (χ3v) is 4.50. The van der Waals surface area contributed by atoms with Crippen LogP contribution in [-0.2, 0) is 24.2 Å². The zero-order valence-corrected chi connectivity index (χ0v) is 16.7. The van der Waals surface area contributed by atoms with Gasteiger partial charge in [0.25, 0.3) is 5.91 Å². The first-order chi connectivity index (χ1) is 14.1. The normalized spacial score (nSPS) is 12.8. The fraction of sp³-hybridized carbons (Fsp3) is 0.364. The number of amides is 1. The third kappa shape index (κ3) is 6.41. The van der Waals surface area contributed by atoms with E-state index >= 15 is 0 Å². The van der Waals surface area contributed by atoms with Gasteiger partial charge in [-0.25, -0.2) is 4.99 Å². The second-order valence-corrected chi connectivity index (χ2v) is 6.81. The molecule has 7 heteroatoms. The van der Waals surface area contributed by atoms with Crippen molar-refractivity contribution in [2.75, 3.05) is 26.3 Å². The summed E-state index contributed by atoms with van der Waals surface area (Å²) < 4.78 is 10.9. The number of hydrogen-bond acceptors (Lipinski definition) is 4. The summed E-state index contributed by atoms with van der Waals surface area (Å²) in [6.07, 6.45) is 1.90. The van der Waals surface area contributed by atoms with E-state index in [4.69, 9.17) is 15.2 Å². The van der Waals surface area contributed by atoms with Gasteiger partial charge in [-0.05, 0) is 48.2 Å². The fourth-order valence-electron chi connectivity index (χ4n) is 3.12. The van der Waals surface area contributed by atoms with Gasteiger partial charge >= 0.3 is 0 Å². The van der Waals surface area contributed by atoms with Gasteiger partial charge in [0, 0.05) is 19.5 Å². The van der Waals surface area contributed by atoms with Crippen molar-refractivity contribution in [1.29, 1.82) is 0 Å². The van der Waals surface area contributed by atoms with Gasteiger partial charge in [-0.3, -0.25) is 4.79 Å². The average Bonchev–Trinajstić information content (AvgIpc) is 3.19. The molecule has 0 bridgehead atoms. The number of hydrogen-bond donors (Lipinski definition) is 3. The highest BCUT2D eigenvalue weighted by Gasteiger charge is 2.11. The number of ether oxygens (including phenoxy) is 2. The van der Waals surface area contributed by atoms with E-state index < -0.39 is 5.91 Å². The minimum Gasteiger partial charge on any atom is -0.493 e. The summed E-state index contributed by atoms with van der Waals surface area (Å²) in [4.78, 5) is 15.5. The minimum atomic E-state index is -0.497. The number of nitrogens with zero attached hydrogens (tertiary/aromatic N) is 1. The van der Waals surface area contributed by atoms with E-state index in [-0.39, 0.29) is 6.61 Å². The lowest BCUT2D eigenvalue weighted by Gasteiger charge is -2.12. The maximum Gasteiger partial charge on any atom is 0.255 e. The Kier molecular flexibility index (Phi) is 7.33. The molecule has 1 aliphatic rings. The van der Waals surface area contributed by atoms with Gasteiger partial charge in [0.1, 0.15) is 11.5 Å². The Balaban J connectivity index is 1.53. The molecule has 0 unspecified atom stereocenters. The summed E-state index contributed by atoms with van der Waals surface area (Å²) in [5, 5.41) is 6.64. The average molecular weight is 396 g/mol. The largest absolute Gasteiger partial charge is 0.493 e. The second-order valence-electron chi connectivity index (χ2n) is 6.81. The van der Waals surface area contributed by atoms with Gasteiger partial charge in [-0.2, -0.15) is 0 Å². The quantitative estimate of drug-likeness (QED) is 0.443.